The Morgan fingerprint density at radius 2 is 1.39 bits per heavy atom. The van der Waals surface area contributed by atoms with Crippen LogP contribution in [0.15, 0.2) is 71.3 Å². The van der Waals surface area contributed by atoms with Crippen LogP contribution in [0.4, 0.5) is 24.5 Å². The lowest BCUT2D eigenvalue weighted by Crippen LogP contribution is -2.17. The first-order valence-electron chi connectivity index (χ1n) is 7.92. The van der Waals surface area contributed by atoms with Gasteiger partial charge in [-0.25, -0.2) is 0 Å². The number of nitrogens with one attached hydrogen (secondary N) is 2. The molecule has 0 saturated carbocycles. The van der Waals surface area contributed by atoms with Crippen molar-refractivity contribution in [3.05, 3.63) is 78.3 Å². The van der Waals surface area contributed by atoms with E-state index in [1.165, 1.54) is 24.5 Å². The summed E-state index contributed by atoms with van der Waals surface area (Å²) in [6.07, 6.45) is -3.41. The summed E-state index contributed by atoms with van der Waals surface area (Å²) in [4.78, 5) is 24.1. The highest BCUT2D eigenvalue weighted by Crippen LogP contribution is 2.23. The fourth-order valence-corrected chi connectivity index (χ4v) is 2.25. The highest BCUT2D eigenvalue weighted by atomic mass is 19.4. The number of hydrogen-bond acceptors (Lipinski definition) is 4. The highest BCUT2D eigenvalue weighted by Gasteiger charge is 2.31. The summed E-state index contributed by atoms with van der Waals surface area (Å²) >= 11 is 0. The summed E-state index contributed by atoms with van der Waals surface area (Å²) < 4.78 is 45.2. The van der Waals surface area contributed by atoms with E-state index in [2.05, 4.69) is 15.4 Å². The number of alkyl halides is 3. The molecule has 1 heterocycles. The van der Waals surface area contributed by atoms with Gasteiger partial charge in [0.15, 0.2) is 5.76 Å². The molecule has 0 radical (unpaired) electrons. The Kier molecular flexibility index (Phi) is 5.35. The summed E-state index contributed by atoms with van der Waals surface area (Å²) in [7, 11) is 0. The Morgan fingerprint density at radius 3 is 1.89 bits per heavy atom. The van der Waals surface area contributed by atoms with E-state index in [1.54, 1.807) is 30.3 Å². The zero-order valence-electron chi connectivity index (χ0n) is 14.1. The summed E-state index contributed by atoms with van der Waals surface area (Å²) in [5, 5.41) is 5.23. The van der Waals surface area contributed by atoms with E-state index in [-0.39, 0.29) is 11.3 Å². The van der Waals surface area contributed by atoms with Gasteiger partial charge in [0.2, 0.25) is 0 Å². The Hall–Kier alpha value is -3.75. The maximum atomic E-state index is 12.2. The maximum absolute atomic E-state index is 12.2. The fourth-order valence-electron chi connectivity index (χ4n) is 2.25. The predicted molar refractivity (Wildman–Crippen MR) is 94.2 cm³/mol. The van der Waals surface area contributed by atoms with Crippen molar-refractivity contribution >= 4 is 23.2 Å². The molecule has 0 atom stereocenters. The van der Waals surface area contributed by atoms with E-state index in [0.29, 0.717) is 11.4 Å². The Labute approximate surface area is 156 Å². The first kappa shape index (κ1) is 19.0. The summed E-state index contributed by atoms with van der Waals surface area (Å²) in [5.74, 6) is -1.18. The van der Waals surface area contributed by atoms with Crippen molar-refractivity contribution < 1.29 is 31.9 Å². The summed E-state index contributed by atoms with van der Waals surface area (Å²) in [6, 6.07) is 13.9. The van der Waals surface area contributed by atoms with Crippen LogP contribution in [0.25, 0.3) is 0 Å². The molecule has 0 aliphatic rings. The molecule has 0 bridgehead atoms. The highest BCUT2D eigenvalue weighted by molar-refractivity contribution is 6.05. The topological polar surface area (TPSA) is 80.6 Å². The second kappa shape index (κ2) is 7.87. The molecule has 0 spiro atoms. The molecule has 0 aliphatic carbocycles. The number of carbonyl (C=O) groups is 2. The van der Waals surface area contributed by atoms with Gasteiger partial charge in [-0.1, -0.05) is 0 Å². The molecule has 1 aromatic heterocycles. The number of furan rings is 1. The fraction of sp³-hybridized carbons (Fsp3) is 0.0526. The lowest BCUT2D eigenvalue weighted by molar-refractivity contribution is -0.274. The van der Waals surface area contributed by atoms with Crippen LogP contribution in [0, 0.1) is 0 Å². The smallest absolute Gasteiger partial charge is 0.459 e. The van der Waals surface area contributed by atoms with Gasteiger partial charge in [0.05, 0.1) is 6.26 Å². The molecule has 3 rings (SSSR count). The van der Waals surface area contributed by atoms with Crippen molar-refractivity contribution in [3.63, 3.8) is 0 Å². The van der Waals surface area contributed by atoms with Gasteiger partial charge in [0.1, 0.15) is 5.75 Å². The molecule has 144 valence electrons. The average molecular weight is 390 g/mol. The van der Waals surface area contributed by atoms with E-state index >= 15 is 0 Å². The molecule has 0 aliphatic heterocycles. The second-order valence-corrected chi connectivity index (χ2v) is 5.54. The van der Waals surface area contributed by atoms with E-state index in [0.717, 1.165) is 12.1 Å². The van der Waals surface area contributed by atoms with Gasteiger partial charge in [-0.2, -0.15) is 0 Å². The molecule has 2 aromatic carbocycles. The van der Waals surface area contributed by atoms with E-state index in [1.807, 2.05) is 0 Å². The maximum Gasteiger partial charge on any atom is 0.573 e. The van der Waals surface area contributed by atoms with Crippen LogP contribution in [-0.4, -0.2) is 18.2 Å². The Bertz CT molecular complexity index is 950. The molecular weight excluding hydrogens is 377 g/mol. The molecule has 6 nitrogen and oxygen atoms in total. The van der Waals surface area contributed by atoms with Crippen LogP contribution < -0.4 is 15.4 Å². The molecular formula is C19H13F3N2O4. The van der Waals surface area contributed by atoms with Crippen LogP contribution in [0.1, 0.15) is 20.9 Å². The quantitative estimate of drug-likeness (QED) is 0.663. The molecule has 0 saturated heterocycles. The van der Waals surface area contributed by atoms with Crippen LogP contribution in [0.5, 0.6) is 5.75 Å². The van der Waals surface area contributed by atoms with Crippen LogP contribution in [0.3, 0.4) is 0 Å². The number of anilines is 2. The molecule has 2 amide bonds. The van der Waals surface area contributed by atoms with E-state index < -0.39 is 23.9 Å². The molecule has 3 aromatic rings. The number of amides is 2. The molecule has 2 N–H and O–H groups in total. The van der Waals surface area contributed by atoms with Crippen molar-refractivity contribution in [1.29, 1.82) is 0 Å². The third-order valence-corrected chi connectivity index (χ3v) is 3.50. The van der Waals surface area contributed by atoms with Crippen LogP contribution in [0.2, 0.25) is 0 Å². The van der Waals surface area contributed by atoms with Crippen LogP contribution in [-0.2, 0) is 0 Å². The lowest BCUT2D eigenvalue weighted by atomic mass is 10.2. The largest absolute Gasteiger partial charge is 0.573 e. The van der Waals surface area contributed by atoms with Crippen molar-refractivity contribution in [2.24, 2.45) is 0 Å². The van der Waals surface area contributed by atoms with Gasteiger partial charge in [-0.15, -0.1) is 13.2 Å². The van der Waals surface area contributed by atoms with Crippen molar-refractivity contribution in [1.82, 2.24) is 0 Å². The molecule has 28 heavy (non-hydrogen) atoms. The van der Waals surface area contributed by atoms with Gasteiger partial charge >= 0.3 is 6.36 Å². The standard InChI is InChI=1S/C19H13F3N2O4/c20-19(21,22)28-15-9-3-12(4-10-15)17(25)23-13-5-7-14(8-6-13)24-18(26)16-2-1-11-27-16/h1-11H,(H,23,25)(H,24,26). The van der Waals surface area contributed by atoms with Crippen molar-refractivity contribution in [3.8, 4) is 5.75 Å². The Morgan fingerprint density at radius 1 is 0.821 bits per heavy atom. The second-order valence-electron chi connectivity index (χ2n) is 5.54. The van der Waals surface area contributed by atoms with Crippen molar-refractivity contribution in [2.75, 3.05) is 10.6 Å². The van der Waals surface area contributed by atoms with Gasteiger partial charge < -0.3 is 19.8 Å². The van der Waals surface area contributed by atoms with E-state index in [9.17, 15) is 22.8 Å². The monoisotopic (exact) mass is 390 g/mol. The number of hydrogen-bond donors (Lipinski definition) is 2. The zero-order chi connectivity index (χ0) is 20.1. The number of carbonyl (C=O) groups excluding carboxylic acids is 2. The normalized spacial score (nSPS) is 11.0. The minimum absolute atomic E-state index is 0.157. The number of ether oxygens (including phenoxy) is 1. The number of halogens is 3. The third-order valence-electron chi connectivity index (χ3n) is 3.50. The first-order chi connectivity index (χ1) is 13.3. The summed E-state index contributed by atoms with van der Waals surface area (Å²) in [5.41, 5.74) is 1.09. The summed E-state index contributed by atoms with van der Waals surface area (Å²) in [6.45, 7) is 0. The van der Waals surface area contributed by atoms with Gasteiger partial charge in [-0.05, 0) is 60.7 Å². The van der Waals surface area contributed by atoms with Gasteiger partial charge in [-0.3, -0.25) is 9.59 Å². The number of benzene rings is 2. The molecule has 9 heteroatoms. The Balaban J connectivity index is 1.59. The van der Waals surface area contributed by atoms with E-state index in [4.69, 9.17) is 4.42 Å². The van der Waals surface area contributed by atoms with Crippen molar-refractivity contribution in [2.45, 2.75) is 6.36 Å². The first-order valence-corrected chi connectivity index (χ1v) is 7.92. The van der Waals surface area contributed by atoms with Gasteiger partial charge in [0, 0.05) is 16.9 Å². The third kappa shape index (κ3) is 5.13. The lowest BCUT2D eigenvalue weighted by Gasteiger charge is -2.10. The van der Waals surface area contributed by atoms with Crippen LogP contribution >= 0.6 is 0 Å². The minimum Gasteiger partial charge on any atom is -0.459 e. The molecule has 0 unspecified atom stereocenters. The minimum atomic E-state index is -4.79. The zero-order valence-corrected chi connectivity index (χ0v) is 14.1. The SMILES string of the molecule is O=C(Nc1ccc(NC(=O)c2ccco2)cc1)c1ccc(OC(F)(F)F)cc1. The number of rotatable bonds is 5. The average Bonchev–Trinajstić information content (AvgIpc) is 3.17. The van der Waals surface area contributed by atoms with Gasteiger partial charge in [0.25, 0.3) is 11.8 Å². The predicted octanol–water partition coefficient (Wildman–Crippen LogP) is 4.68. The molecule has 0 fully saturated rings.